The molecule has 0 aliphatic carbocycles. The van der Waals surface area contributed by atoms with Crippen molar-refractivity contribution in [2.24, 2.45) is 11.8 Å². The van der Waals surface area contributed by atoms with Crippen LogP contribution in [0.5, 0.6) is 0 Å². The first kappa shape index (κ1) is 60.9. The lowest BCUT2D eigenvalue weighted by Crippen LogP contribution is -2.27. The van der Waals surface area contributed by atoms with E-state index in [1.54, 1.807) is 0 Å². The summed E-state index contributed by atoms with van der Waals surface area (Å²) in [6.07, 6.45) is 51.1. The van der Waals surface area contributed by atoms with Gasteiger partial charge in [-0.2, -0.15) is 0 Å². The van der Waals surface area contributed by atoms with E-state index in [2.05, 4.69) is 32.6 Å². The van der Waals surface area contributed by atoms with Gasteiger partial charge in [-0.25, -0.2) is 0 Å². The standard InChI is InChI=1S/C56H111NO5/c1-5-9-13-17-25-33-43-53(41-31-15-11-7-3)51-61-55(59)45-35-27-21-19-23-29-37-47-57(49-39-40-50-58)48-38-30-24-20-22-28-36-46-56(60)62-52-54(42-32-16-12-8-4)44-34-26-18-14-10-6-2/h53-54,58H,5-52H2,1-4H3. The van der Waals surface area contributed by atoms with Gasteiger partial charge in [-0.1, -0.05) is 220 Å². The zero-order valence-corrected chi connectivity index (χ0v) is 42.6. The van der Waals surface area contributed by atoms with Crippen LogP contribution in [-0.4, -0.2) is 61.4 Å². The van der Waals surface area contributed by atoms with Crippen LogP contribution in [0.15, 0.2) is 0 Å². The number of hydrogen-bond acceptors (Lipinski definition) is 6. The van der Waals surface area contributed by atoms with Gasteiger partial charge in [-0.3, -0.25) is 9.59 Å². The van der Waals surface area contributed by atoms with Gasteiger partial charge in [0.15, 0.2) is 0 Å². The van der Waals surface area contributed by atoms with Gasteiger partial charge in [0.2, 0.25) is 0 Å². The molecule has 0 rings (SSSR count). The van der Waals surface area contributed by atoms with E-state index < -0.39 is 0 Å². The van der Waals surface area contributed by atoms with Crippen LogP contribution < -0.4 is 0 Å². The summed E-state index contributed by atoms with van der Waals surface area (Å²) < 4.78 is 11.6. The van der Waals surface area contributed by atoms with Crippen LogP contribution in [0.4, 0.5) is 0 Å². The van der Waals surface area contributed by atoms with Crippen LogP contribution in [0.25, 0.3) is 0 Å². The molecule has 2 unspecified atom stereocenters. The van der Waals surface area contributed by atoms with Crippen molar-refractivity contribution in [1.29, 1.82) is 0 Å². The second-order valence-electron chi connectivity index (χ2n) is 19.6. The van der Waals surface area contributed by atoms with E-state index in [-0.39, 0.29) is 11.9 Å². The van der Waals surface area contributed by atoms with Crippen molar-refractivity contribution in [2.75, 3.05) is 39.5 Å². The minimum atomic E-state index is 0.0206. The van der Waals surface area contributed by atoms with Crippen LogP contribution in [-0.2, 0) is 19.1 Å². The van der Waals surface area contributed by atoms with E-state index in [9.17, 15) is 14.7 Å². The Hall–Kier alpha value is -1.14. The third kappa shape index (κ3) is 45.4. The predicted octanol–water partition coefficient (Wildman–Crippen LogP) is 17.1. The Kier molecular flexibility index (Phi) is 49.9. The molecule has 0 aromatic carbocycles. The highest BCUT2D eigenvalue weighted by Crippen LogP contribution is 2.22. The zero-order chi connectivity index (χ0) is 45.2. The van der Waals surface area contributed by atoms with Crippen molar-refractivity contribution in [2.45, 2.75) is 297 Å². The molecule has 0 aromatic rings. The van der Waals surface area contributed by atoms with Crippen molar-refractivity contribution >= 4 is 11.9 Å². The van der Waals surface area contributed by atoms with E-state index in [1.165, 1.54) is 231 Å². The number of aliphatic hydroxyl groups excluding tert-OH is 1. The van der Waals surface area contributed by atoms with Crippen molar-refractivity contribution < 1.29 is 24.2 Å². The first-order chi connectivity index (χ1) is 30.5. The summed E-state index contributed by atoms with van der Waals surface area (Å²) in [6, 6.07) is 0. The molecule has 0 radical (unpaired) electrons. The minimum absolute atomic E-state index is 0.0206. The molecule has 2 atom stereocenters. The average molecular weight is 879 g/mol. The summed E-state index contributed by atoms with van der Waals surface area (Å²) in [6.45, 7) is 14.1. The number of nitrogens with zero attached hydrogens (tertiary/aromatic N) is 1. The highest BCUT2D eigenvalue weighted by atomic mass is 16.5. The Morgan fingerprint density at radius 3 is 0.935 bits per heavy atom. The molecule has 0 heterocycles. The molecule has 1 N–H and O–H groups in total. The van der Waals surface area contributed by atoms with Gasteiger partial charge in [0, 0.05) is 19.4 Å². The topological polar surface area (TPSA) is 76.1 Å². The molecule has 370 valence electrons. The molecule has 0 aliphatic rings. The number of aliphatic hydroxyl groups is 1. The van der Waals surface area contributed by atoms with E-state index in [4.69, 9.17) is 9.47 Å². The van der Waals surface area contributed by atoms with Gasteiger partial charge < -0.3 is 19.5 Å². The van der Waals surface area contributed by atoms with Crippen molar-refractivity contribution in [3.05, 3.63) is 0 Å². The SMILES string of the molecule is CCCCCCCCC(CCCCCC)COC(=O)CCCCCCCCCN(CCCCO)CCCCCCCCCC(=O)OCC(CCCCCC)CCCCCCCC. The smallest absolute Gasteiger partial charge is 0.305 e. The summed E-state index contributed by atoms with van der Waals surface area (Å²) in [5.74, 6) is 1.14. The van der Waals surface area contributed by atoms with E-state index in [0.717, 1.165) is 45.1 Å². The predicted molar refractivity (Wildman–Crippen MR) is 269 cm³/mol. The van der Waals surface area contributed by atoms with E-state index in [0.29, 0.717) is 44.5 Å². The molecule has 0 spiro atoms. The third-order valence-corrected chi connectivity index (χ3v) is 13.4. The Bertz CT molecular complexity index is 832. The molecule has 0 amide bonds. The molecule has 6 heteroatoms. The molecular weight excluding hydrogens is 767 g/mol. The quantitative estimate of drug-likeness (QED) is 0.0485. The second kappa shape index (κ2) is 50.9. The average Bonchev–Trinajstić information content (AvgIpc) is 3.27. The van der Waals surface area contributed by atoms with Gasteiger partial charge >= 0.3 is 11.9 Å². The molecular formula is C56H111NO5. The monoisotopic (exact) mass is 878 g/mol. The number of carbonyl (C=O) groups excluding carboxylic acids is 2. The largest absolute Gasteiger partial charge is 0.465 e. The maximum Gasteiger partial charge on any atom is 0.305 e. The lowest BCUT2D eigenvalue weighted by molar-refractivity contribution is -0.146. The zero-order valence-electron chi connectivity index (χ0n) is 42.6. The molecule has 0 aromatic heterocycles. The molecule has 0 fully saturated rings. The van der Waals surface area contributed by atoms with Crippen LogP contribution >= 0.6 is 0 Å². The normalized spacial score (nSPS) is 12.6. The molecule has 62 heavy (non-hydrogen) atoms. The van der Waals surface area contributed by atoms with E-state index in [1.807, 2.05) is 0 Å². The third-order valence-electron chi connectivity index (χ3n) is 13.4. The highest BCUT2D eigenvalue weighted by Gasteiger charge is 2.14. The Labute approximate surface area is 388 Å². The van der Waals surface area contributed by atoms with Gasteiger partial charge in [0.05, 0.1) is 13.2 Å². The van der Waals surface area contributed by atoms with Gasteiger partial charge in [-0.05, 0) is 95.7 Å². The van der Waals surface area contributed by atoms with Crippen molar-refractivity contribution in [1.82, 2.24) is 4.90 Å². The number of esters is 2. The molecule has 0 aliphatic heterocycles. The van der Waals surface area contributed by atoms with Gasteiger partial charge in [-0.15, -0.1) is 0 Å². The summed E-state index contributed by atoms with van der Waals surface area (Å²) >= 11 is 0. The van der Waals surface area contributed by atoms with Crippen LogP contribution in [0, 0.1) is 11.8 Å². The maximum atomic E-state index is 12.5. The number of unbranched alkanes of at least 4 members (excludes halogenated alkanes) is 29. The lowest BCUT2D eigenvalue weighted by atomic mass is 9.95. The first-order valence-electron chi connectivity index (χ1n) is 28.1. The van der Waals surface area contributed by atoms with Crippen molar-refractivity contribution in [3.8, 4) is 0 Å². The highest BCUT2D eigenvalue weighted by molar-refractivity contribution is 5.69. The summed E-state index contributed by atoms with van der Waals surface area (Å²) in [5.41, 5.74) is 0. The number of ether oxygens (including phenoxy) is 2. The fourth-order valence-corrected chi connectivity index (χ4v) is 9.09. The minimum Gasteiger partial charge on any atom is -0.465 e. The molecule has 0 saturated heterocycles. The van der Waals surface area contributed by atoms with Gasteiger partial charge in [0.1, 0.15) is 0 Å². The van der Waals surface area contributed by atoms with Crippen LogP contribution in [0.3, 0.4) is 0 Å². The number of rotatable bonds is 52. The molecule has 0 bridgehead atoms. The first-order valence-corrected chi connectivity index (χ1v) is 28.1. The number of carbonyl (C=O) groups is 2. The fraction of sp³-hybridized carbons (Fsp3) is 0.964. The second-order valence-corrected chi connectivity index (χ2v) is 19.6. The molecule has 6 nitrogen and oxygen atoms in total. The van der Waals surface area contributed by atoms with Crippen LogP contribution in [0.1, 0.15) is 297 Å². The Balaban J connectivity index is 4.09. The van der Waals surface area contributed by atoms with Crippen molar-refractivity contribution in [3.63, 3.8) is 0 Å². The summed E-state index contributed by atoms with van der Waals surface area (Å²) in [7, 11) is 0. The Morgan fingerprint density at radius 1 is 0.355 bits per heavy atom. The van der Waals surface area contributed by atoms with Crippen LogP contribution in [0.2, 0.25) is 0 Å². The summed E-state index contributed by atoms with van der Waals surface area (Å²) in [5, 5.41) is 9.34. The number of hydrogen-bond donors (Lipinski definition) is 1. The Morgan fingerprint density at radius 2 is 0.613 bits per heavy atom. The lowest BCUT2D eigenvalue weighted by Gasteiger charge is -2.22. The maximum absolute atomic E-state index is 12.5. The molecule has 0 saturated carbocycles. The van der Waals surface area contributed by atoms with E-state index >= 15 is 0 Å². The summed E-state index contributed by atoms with van der Waals surface area (Å²) in [4.78, 5) is 27.7. The fourth-order valence-electron chi connectivity index (χ4n) is 9.09. The van der Waals surface area contributed by atoms with Gasteiger partial charge in [0.25, 0.3) is 0 Å².